The Balaban J connectivity index is 1.90. The van der Waals surface area contributed by atoms with E-state index in [1.165, 1.54) is 31.1 Å². The third-order valence-electron chi connectivity index (χ3n) is 4.34. The molecule has 0 amide bonds. The van der Waals surface area contributed by atoms with Crippen LogP contribution < -0.4 is 4.74 Å². The van der Waals surface area contributed by atoms with Gasteiger partial charge in [0.2, 0.25) is 0 Å². The van der Waals surface area contributed by atoms with Crippen molar-refractivity contribution in [3.63, 3.8) is 0 Å². The van der Waals surface area contributed by atoms with Crippen LogP contribution in [-0.2, 0) is 11.3 Å². The summed E-state index contributed by atoms with van der Waals surface area (Å²) in [7, 11) is 1.42. The minimum Gasteiger partial charge on any atom is -0.489 e. The van der Waals surface area contributed by atoms with Crippen molar-refractivity contribution in [1.82, 2.24) is 0 Å². The van der Waals surface area contributed by atoms with Gasteiger partial charge in [0.15, 0.2) is 0 Å². The second kappa shape index (κ2) is 6.45. The monoisotopic (exact) mass is 310 g/mol. The Hall–Kier alpha value is -2.29. The van der Waals surface area contributed by atoms with Crippen LogP contribution in [0.1, 0.15) is 51.4 Å². The molecule has 0 bridgehead atoms. The zero-order valence-electron chi connectivity index (χ0n) is 13.9. The molecule has 2 aromatic rings. The standard InChI is InChI=1S/C20H22O3/c1-13-7-10-19(14(2)11-13)23-12-18-16(15-8-9-15)5-4-6-17(18)20(21)22-3/h4-7,10-11,15H,8-9,12H2,1-3H3. The Morgan fingerprint density at radius 3 is 2.61 bits per heavy atom. The van der Waals surface area contributed by atoms with Gasteiger partial charge in [0, 0.05) is 5.56 Å². The predicted octanol–water partition coefficient (Wildman–Crippen LogP) is 4.55. The van der Waals surface area contributed by atoms with Crippen LogP contribution in [0.4, 0.5) is 0 Å². The van der Waals surface area contributed by atoms with Gasteiger partial charge < -0.3 is 9.47 Å². The van der Waals surface area contributed by atoms with E-state index >= 15 is 0 Å². The molecular formula is C20H22O3. The molecule has 0 saturated heterocycles. The zero-order valence-corrected chi connectivity index (χ0v) is 13.9. The first-order valence-electron chi connectivity index (χ1n) is 8.00. The lowest BCUT2D eigenvalue weighted by atomic mass is 9.98. The average Bonchev–Trinajstić information content (AvgIpc) is 3.38. The Kier molecular flexibility index (Phi) is 4.37. The zero-order chi connectivity index (χ0) is 16.4. The van der Waals surface area contributed by atoms with Crippen molar-refractivity contribution in [2.75, 3.05) is 7.11 Å². The normalized spacial score (nSPS) is 13.7. The molecule has 0 atom stereocenters. The third-order valence-corrected chi connectivity index (χ3v) is 4.34. The van der Waals surface area contributed by atoms with E-state index in [2.05, 4.69) is 19.1 Å². The molecule has 0 aromatic heterocycles. The quantitative estimate of drug-likeness (QED) is 0.760. The molecule has 1 aliphatic carbocycles. The number of aryl methyl sites for hydroxylation is 2. The molecular weight excluding hydrogens is 288 g/mol. The van der Waals surface area contributed by atoms with Crippen LogP contribution in [0.15, 0.2) is 36.4 Å². The van der Waals surface area contributed by atoms with Gasteiger partial charge in [0.1, 0.15) is 12.4 Å². The fraction of sp³-hybridized carbons (Fsp3) is 0.350. The highest BCUT2D eigenvalue weighted by atomic mass is 16.5. The van der Waals surface area contributed by atoms with E-state index in [1.54, 1.807) is 0 Å². The van der Waals surface area contributed by atoms with Crippen LogP contribution >= 0.6 is 0 Å². The van der Waals surface area contributed by atoms with Crippen LogP contribution in [0.3, 0.4) is 0 Å². The Bertz CT molecular complexity index is 730. The molecule has 0 heterocycles. The van der Waals surface area contributed by atoms with Crippen molar-refractivity contribution in [1.29, 1.82) is 0 Å². The van der Waals surface area contributed by atoms with Crippen LogP contribution in [0.5, 0.6) is 5.75 Å². The molecule has 120 valence electrons. The maximum atomic E-state index is 12.1. The van der Waals surface area contributed by atoms with Crippen molar-refractivity contribution in [3.8, 4) is 5.75 Å². The van der Waals surface area contributed by atoms with E-state index in [-0.39, 0.29) is 5.97 Å². The summed E-state index contributed by atoms with van der Waals surface area (Å²) in [6.07, 6.45) is 2.36. The first-order valence-corrected chi connectivity index (χ1v) is 8.00. The number of methoxy groups -OCH3 is 1. The fourth-order valence-corrected chi connectivity index (χ4v) is 2.95. The number of hydrogen-bond donors (Lipinski definition) is 0. The molecule has 1 fully saturated rings. The molecule has 2 aromatic carbocycles. The highest BCUT2D eigenvalue weighted by molar-refractivity contribution is 5.91. The van der Waals surface area contributed by atoms with Gasteiger partial charge in [-0.3, -0.25) is 0 Å². The second-order valence-electron chi connectivity index (χ2n) is 6.20. The fourth-order valence-electron chi connectivity index (χ4n) is 2.95. The van der Waals surface area contributed by atoms with Gasteiger partial charge in [0.25, 0.3) is 0 Å². The number of hydrogen-bond acceptors (Lipinski definition) is 3. The van der Waals surface area contributed by atoms with Gasteiger partial charge in [-0.1, -0.05) is 29.8 Å². The molecule has 3 heteroatoms. The molecule has 0 unspecified atom stereocenters. The average molecular weight is 310 g/mol. The minimum absolute atomic E-state index is 0.299. The van der Waals surface area contributed by atoms with E-state index in [1.807, 2.05) is 31.2 Å². The summed E-state index contributed by atoms with van der Waals surface area (Å²) in [6, 6.07) is 12.0. The van der Waals surface area contributed by atoms with Crippen molar-refractivity contribution < 1.29 is 14.3 Å². The van der Waals surface area contributed by atoms with E-state index in [0.29, 0.717) is 18.1 Å². The third kappa shape index (κ3) is 3.39. The molecule has 1 saturated carbocycles. The van der Waals surface area contributed by atoms with Crippen molar-refractivity contribution >= 4 is 5.97 Å². The Morgan fingerprint density at radius 1 is 1.17 bits per heavy atom. The van der Waals surface area contributed by atoms with E-state index < -0.39 is 0 Å². The molecule has 0 spiro atoms. The van der Waals surface area contributed by atoms with Gasteiger partial charge >= 0.3 is 5.97 Å². The number of esters is 1. The molecule has 0 N–H and O–H groups in total. The summed E-state index contributed by atoms with van der Waals surface area (Å²) in [6.45, 7) is 4.49. The number of carbonyl (C=O) groups excluding carboxylic acids is 1. The maximum absolute atomic E-state index is 12.1. The van der Waals surface area contributed by atoms with Gasteiger partial charge in [-0.25, -0.2) is 4.79 Å². The minimum atomic E-state index is -0.299. The molecule has 3 nitrogen and oxygen atoms in total. The highest BCUT2D eigenvalue weighted by Gasteiger charge is 2.28. The van der Waals surface area contributed by atoms with Crippen LogP contribution in [0.25, 0.3) is 0 Å². The van der Waals surface area contributed by atoms with E-state index in [4.69, 9.17) is 9.47 Å². The van der Waals surface area contributed by atoms with Crippen molar-refractivity contribution in [2.24, 2.45) is 0 Å². The molecule has 0 aliphatic heterocycles. The summed E-state index contributed by atoms with van der Waals surface area (Å²) in [5.74, 6) is 1.11. The molecule has 0 radical (unpaired) electrons. The van der Waals surface area contributed by atoms with Gasteiger partial charge in [-0.05, 0) is 55.9 Å². The summed E-state index contributed by atoms with van der Waals surface area (Å²) >= 11 is 0. The first kappa shape index (κ1) is 15.6. The summed E-state index contributed by atoms with van der Waals surface area (Å²) in [5.41, 5.74) is 5.11. The van der Waals surface area contributed by atoms with Crippen LogP contribution in [0.2, 0.25) is 0 Å². The summed E-state index contributed by atoms with van der Waals surface area (Å²) < 4.78 is 11.0. The highest BCUT2D eigenvalue weighted by Crippen LogP contribution is 2.42. The summed E-state index contributed by atoms with van der Waals surface area (Å²) in [5, 5.41) is 0. The smallest absolute Gasteiger partial charge is 0.338 e. The second-order valence-corrected chi connectivity index (χ2v) is 6.20. The SMILES string of the molecule is COC(=O)c1cccc(C2CC2)c1COc1ccc(C)cc1C. The van der Waals surface area contributed by atoms with Gasteiger partial charge in [-0.15, -0.1) is 0 Å². The van der Waals surface area contributed by atoms with Crippen molar-refractivity contribution in [3.05, 3.63) is 64.2 Å². The Morgan fingerprint density at radius 2 is 1.96 bits per heavy atom. The molecule has 3 rings (SSSR count). The lowest BCUT2D eigenvalue weighted by molar-refractivity contribution is 0.0597. The lowest BCUT2D eigenvalue weighted by Crippen LogP contribution is -2.11. The lowest BCUT2D eigenvalue weighted by Gasteiger charge is -2.15. The molecule has 23 heavy (non-hydrogen) atoms. The van der Waals surface area contributed by atoms with Crippen molar-refractivity contribution in [2.45, 2.75) is 39.2 Å². The van der Waals surface area contributed by atoms with Gasteiger partial charge in [0.05, 0.1) is 12.7 Å². The predicted molar refractivity (Wildman–Crippen MR) is 90.0 cm³/mol. The first-order chi connectivity index (χ1) is 11.1. The molecule has 1 aliphatic rings. The number of ether oxygens (including phenoxy) is 2. The number of rotatable bonds is 5. The Labute approximate surface area is 137 Å². The largest absolute Gasteiger partial charge is 0.489 e. The van der Waals surface area contributed by atoms with Crippen LogP contribution in [0, 0.1) is 13.8 Å². The van der Waals surface area contributed by atoms with E-state index in [9.17, 15) is 4.79 Å². The van der Waals surface area contributed by atoms with E-state index in [0.717, 1.165) is 16.9 Å². The van der Waals surface area contributed by atoms with Crippen LogP contribution in [-0.4, -0.2) is 13.1 Å². The summed E-state index contributed by atoms with van der Waals surface area (Å²) in [4.78, 5) is 12.1. The van der Waals surface area contributed by atoms with Gasteiger partial charge in [-0.2, -0.15) is 0 Å². The number of benzene rings is 2. The topological polar surface area (TPSA) is 35.5 Å². The number of carbonyl (C=O) groups is 1. The maximum Gasteiger partial charge on any atom is 0.338 e.